The average molecular weight is 380 g/mol. The minimum Gasteiger partial charge on any atom is -0.488 e. The van der Waals surface area contributed by atoms with E-state index in [9.17, 15) is 0 Å². The second-order valence-electron chi connectivity index (χ2n) is 6.67. The number of rotatable bonds is 7. The molecule has 144 valence electrons. The highest BCUT2D eigenvalue weighted by molar-refractivity contribution is 5.64. The van der Waals surface area contributed by atoms with E-state index in [4.69, 9.17) is 10.5 Å². The van der Waals surface area contributed by atoms with Gasteiger partial charge in [-0.25, -0.2) is 14.4 Å². The van der Waals surface area contributed by atoms with E-state index in [1.54, 1.807) is 24.7 Å². The van der Waals surface area contributed by atoms with E-state index in [2.05, 4.69) is 25.3 Å². The van der Waals surface area contributed by atoms with Crippen molar-refractivity contribution in [2.45, 2.75) is 25.2 Å². The fourth-order valence-corrected chi connectivity index (χ4v) is 3.16. The monoisotopic (exact) mass is 380 g/mol. The van der Waals surface area contributed by atoms with Gasteiger partial charge in [-0.3, -0.25) is 9.97 Å². The van der Waals surface area contributed by atoms with Gasteiger partial charge in [0.25, 0.3) is 0 Å². The molecular formula is C20H21FN6O. The smallest absolute Gasteiger partial charge is 0.174 e. The van der Waals surface area contributed by atoms with E-state index in [1.807, 2.05) is 6.07 Å². The predicted octanol–water partition coefficient (Wildman–Crippen LogP) is 3.41. The van der Waals surface area contributed by atoms with Crippen molar-refractivity contribution in [2.24, 2.45) is 0 Å². The first kappa shape index (κ1) is 18.1. The summed E-state index contributed by atoms with van der Waals surface area (Å²) in [5, 5.41) is 3.11. The fraction of sp³-hybridized carbons (Fsp3) is 0.300. The highest BCUT2D eigenvalue weighted by Gasteiger charge is 2.26. The van der Waals surface area contributed by atoms with Crippen molar-refractivity contribution < 1.29 is 9.13 Å². The Morgan fingerprint density at radius 1 is 1.11 bits per heavy atom. The topological polar surface area (TPSA) is 98.8 Å². The van der Waals surface area contributed by atoms with E-state index in [0.29, 0.717) is 47.7 Å². The van der Waals surface area contributed by atoms with Gasteiger partial charge in [-0.1, -0.05) is 12.5 Å². The number of halogens is 1. The Labute approximate surface area is 162 Å². The highest BCUT2D eigenvalue weighted by Crippen LogP contribution is 2.43. The van der Waals surface area contributed by atoms with E-state index >= 15 is 4.39 Å². The third-order valence-corrected chi connectivity index (χ3v) is 4.84. The summed E-state index contributed by atoms with van der Waals surface area (Å²) in [5.41, 5.74) is 7.27. The molecule has 1 saturated carbocycles. The molecule has 0 aliphatic heterocycles. The Morgan fingerprint density at radius 2 is 2.00 bits per heavy atom. The molecular weight excluding hydrogens is 359 g/mol. The molecule has 0 saturated heterocycles. The first-order valence-electron chi connectivity index (χ1n) is 9.25. The van der Waals surface area contributed by atoms with Crippen LogP contribution < -0.4 is 15.8 Å². The van der Waals surface area contributed by atoms with E-state index in [0.717, 1.165) is 24.8 Å². The minimum atomic E-state index is -0.414. The largest absolute Gasteiger partial charge is 0.488 e. The summed E-state index contributed by atoms with van der Waals surface area (Å²) in [7, 11) is 0. The molecule has 1 aromatic carbocycles. The molecule has 3 aromatic rings. The number of anilines is 2. The number of nitrogens with one attached hydrogen (secondary N) is 1. The summed E-state index contributed by atoms with van der Waals surface area (Å²) < 4.78 is 21.2. The zero-order valence-electron chi connectivity index (χ0n) is 15.3. The predicted molar refractivity (Wildman–Crippen MR) is 104 cm³/mol. The standard InChI is InChI=1S/C20H21FN6O/c21-19-15(16-10-27-17(22)11-26-16)5-4-14(13-2-1-3-13)20(19)28-9-8-25-18-12-23-6-7-24-18/h4-7,10-13H,1-3,8-9H2,(H2,22,27)(H,24,25). The number of hydrogen-bond acceptors (Lipinski definition) is 7. The van der Waals surface area contributed by atoms with Gasteiger partial charge in [0.15, 0.2) is 11.6 Å². The number of hydrogen-bond donors (Lipinski definition) is 2. The molecule has 0 amide bonds. The van der Waals surface area contributed by atoms with E-state index < -0.39 is 5.82 Å². The van der Waals surface area contributed by atoms with Crippen molar-refractivity contribution in [1.82, 2.24) is 19.9 Å². The first-order valence-corrected chi connectivity index (χ1v) is 9.25. The maximum atomic E-state index is 15.3. The molecule has 7 nitrogen and oxygen atoms in total. The van der Waals surface area contributed by atoms with Crippen molar-refractivity contribution in [1.29, 1.82) is 0 Å². The zero-order chi connectivity index (χ0) is 19.3. The molecule has 2 heterocycles. The maximum absolute atomic E-state index is 15.3. The van der Waals surface area contributed by atoms with Gasteiger partial charge in [-0.05, 0) is 24.8 Å². The van der Waals surface area contributed by atoms with E-state index in [1.165, 1.54) is 12.4 Å². The number of ether oxygens (including phenoxy) is 1. The van der Waals surface area contributed by atoms with Gasteiger partial charge in [0.1, 0.15) is 18.2 Å². The second-order valence-corrected chi connectivity index (χ2v) is 6.67. The molecule has 0 unspecified atom stereocenters. The fourth-order valence-electron chi connectivity index (χ4n) is 3.16. The van der Waals surface area contributed by atoms with Crippen LogP contribution in [0.4, 0.5) is 16.0 Å². The van der Waals surface area contributed by atoms with Crippen LogP contribution in [0, 0.1) is 5.82 Å². The Hall–Kier alpha value is -3.29. The summed E-state index contributed by atoms with van der Waals surface area (Å²) in [5.74, 6) is 1.16. The SMILES string of the molecule is Nc1cnc(-c2ccc(C3CCC3)c(OCCNc3cnccn3)c2F)cn1. The normalized spacial score (nSPS) is 13.8. The summed E-state index contributed by atoms with van der Waals surface area (Å²) in [6, 6.07) is 3.68. The first-order chi connectivity index (χ1) is 13.7. The lowest BCUT2D eigenvalue weighted by Gasteiger charge is -2.28. The van der Waals surface area contributed by atoms with Gasteiger partial charge in [0.2, 0.25) is 0 Å². The Kier molecular flexibility index (Phi) is 5.27. The molecule has 3 N–H and O–H groups in total. The minimum absolute atomic E-state index is 0.293. The van der Waals surface area contributed by atoms with Crippen LogP contribution in [0.5, 0.6) is 5.75 Å². The van der Waals surface area contributed by atoms with Crippen LogP contribution in [-0.2, 0) is 0 Å². The second kappa shape index (κ2) is 8.16. The summed E-state index contributed by atoms with van der Waals surface area (Å²) in [6.45, 7) is 0.776. The number of aromatic nitrogens is 4. The molecule has 0 radical (unpaired) electrons. The van der Waals surface area contributed by atoms with Gasteiger partial charge >= 0.3 is 0 Å². The van der Waals surface area contributed by atoms with Crippen LogP contribution in [0.3, 0.4) is 0 Å². The molecule has 4 rings (SSSR count). The lowest BCUT2D eigenvalue weighted by molar-refractivity contribution is 0.301. The number of nitrogens with two attached hydrogens (primary N) is 1. The number of benzene rings is 1. The third-order valence-electron chi connectivity index (χ3n) is 4.84. The van der Waals surface area contributed by atoms with Gasteiger partial charge in [0.05, 0.1) is 30.8 Å². The molecule has 1 fully saturated rings. The third kappa shape index (κ3) is 3.85. The van der Waals surface area contributed by atoms with Gasteiger partial charge in [-0.2, -0.15) is 0 Å². The molecule has 28 heavy (non-hydrogen) atoms. The molecule has 8 heteroatoms. The summed E-state index contributed by atoms with van der Waals surface area (Å²) in [6.07, 6.45) is 11.0. The van der Waals surface area contributed by atoms with Crippen molar-refractivity contribution in [3.8, 4) is 17.0 Å². The number of nitrogen functional groups attached to an aromatic ring is 1. The Bertz CT molecular complexity index is 931. The van der Waals surface area contributed by atoms with Crippen LogP contribution in [0.1, 0.15) is 30.7 Å². The van der Waals surface area contributed by atoms with Crippen molar-refractivity contribution in [3.05, 3.63) is 54.5 Å². The van der Waals surface area contributed by atoms with Crippen LogP contribution >= 0.6 is 0 Å². The van der Waals surface area contributed by atoms with Crippen LogP contribution in [-0.4, -0.2) is 33.1 Å². The van der Waals surface area contributed by atoms with Gasteiger partial charge in [-0.15, -0.1) is 0 Å². The quantitative estimate of drug-likeness (QED) is 0.606. The molecule has 1 aliphatic carbocycles. The van der Waals surface area contributed by atoms with Crippen LogP contribution in [0.2, 0.25) is 0 Å². The van der Waals surface area contributed by atoms with Crippen molar-refractivity contribution >= 4 is 11.6 Å². The van der Waals surface area contributed by atoms with Gasteiger partial charge < -0.3 is 15.8 Å². The van der Waals surface area contributed by atoms with Crippen LogP contribution in [0.25, 0.3) is 11.3 Å². The van der Waals surface area contributed by atoms with Crippen molar-refractivity contribution in [3.63, 3.8) is 0 Å². The Morgan fingerprint density at radius 3 is 2.68 bits per heavy atom. The lowest BCUT2D eigenvalue weighted by atomic mass is 9.79. The van der Waals surface area contributed by atoms with Crippen LogP contribution in [0.15, 0.2) is 43.1 Å². The van der Waals surface area contributed by atoms with Gasteiger partial charge in [0, 0.05) is 23.5 Å². The molecule has 2 aromatic heterocycles. The zero-order valence-corrected chi connectivity index (χ0v) is 15.3. The lowest BCUT2D eigenvalue weighted by Crippen LogP contribution is -2.16. The molecule has 0 bridgehead atoms. The molecule has 1 aliphatic rings. The van der Waals surface area contributed by atoms with Crippen molar-refractivity contribution in [2.75, 3.05) is 24.2 Å². The summed E-state index contributed by atoms with van der Waals surface area (Å²) in [4.78, 5) is 16.3. The summed E-state index contributed by atoms with van der Waals surface area (Å²) >= 11 is 0. The highest BCUT2D eigenvalue weighted by atomic mass is 19.1. The molecule has 0 atom stereocenters. The molecule has 0 spiro atoms. The Balaban J connectivity index is 1.54. The average Bonchev–Trinajstić information content (AvgIpc) is 2.67. The maximum Gasteiger partial charge on any atom is 0.174 e. The van der Waals surface area contributed by atoms with E-state index in [-0.39, 0.29) is 0 Å². The number of nitrogens with zero attached hydrogens (tertiary/aromatic N) is 4.